The van der Waals surface area contributed by atoms with Crippen LogP contribution in [-0.2, 0) is 0 Å². The molecular formula is C12H22ClN. The zero-order chi connectivity index (χ0) is 8.73. The molecule has 0 amide bonds. The molecule has 1 heterocycles. The molecule has 0 aromatic carbocycles. The minimum Gasteiger partial charge on any atom is -0.308 e. The van der Waals surface area contributed by atoms with Gasteiger partial charge in [0.05, 0.1) is 0 Å². The van der Waals surface area contributed by atoms with E-state index in [0.29, 0.717) is 5.54 Å². The number of fused-ring (bicyclic) bond motifs is 1. The standard InChI is InChI=1S/C12H21N.ClH/c1-2-6-11-10(5-1)9-12(13-11)7-3-4-8-12;/h10-11,13H,1-9H2;1H. The van der Waals surface area contributed by atoms with Crippen molar-refractivity contribution in [2.75, 3.05) is 0 Å². The van der Waals surface area contributed by atoms with Gasteiger partial charge in [0.1, 0.15) is 0 Å². The van der Waals surface area contributed by atoms with E-state index >= 15 is 0 Å². The maximum absolute atomic E-state index is 3.97. The molecule has 1 spiro atoms. The minimum absolute atomic E-state index is 0. The Balaban J connectivity index is 0.000000750. The van der Waals surface area contributed by atoms with Crippen molar-refractivity contribution in [3.05, 3.63) is 0 Å². The molecule has 82 valence electrons. The van der Waals surface area contributed by atoms with Gasteiger partial charge in [-0.05, 0) is 38.0 Å². The summed E-state index contributed by atoms with van der Waals surface area (Å²) in [4.78, 5) is 0. The third kappa shape index (κ3) is 1.69. The Kier molecular flexibility index (Phi) is 3.09. The Hall–Kier alpha value is 0.250. The van der Waals surface area contributed by atoms with Crippen molar-refractivity contribution in [3.63, 3.8) is 0 Å². The average Bonchev–Trinajstić information content (AvgIpc) is 2.72. The summed E-state index contributed by atoms with van der Waals surface area (Å²) in [6, 6.07) is 0.909. The van der Waals surface area contributed by atoms with Crippen LogP contribution in [0.4, 0.5) is 0 Å². The monoisotopic (exact) mass is 215 g/mol. The van der Waals surface area contributed by atoms with Gasteiger partial charge in [-0.25, -0.2) is 0 Å². The van der Waals surface area contributed by atoms with Gasteiger partial charge in [-0.2, -0.15) is 0 Å². The molecule has 0 bridgehead atoms. The molecule has 14 heavy (non-hydrogen) atoms. The first-order valence-electron chi connectivity index (χ1n) is 6.16. The van der Waals surface area contributed by atoms with E-state index in [1.165, 1.54) is 57.8 Å². The number of rotatable bonds is 0. The van der Waals surface area contributed by atoms with Crippen LogP contribution >= 0.6 is 12.4 Å². The van der Waals surface area contributed by atoms with Crippen LogP contribution in [0.3, 0.4) is 0 Å². The summed E-state index contributed by atoms with van der Waals surface area (Å²) >= 11 is 0. The molecule has 1 nitrogen and oxygen atoms in total. The van der Waals surface area contributed by atoms with Crippen LogP contribution < -0.4 is 5.32 Å². The third-order valence-electron chi connectivity index (χ3n) is 4.61. The highest BCUT2D eigenvalue weighted by Crippen LogP contribution is 2.45. The zero-order valence-corrected chi connectivity index (χ0v) is 9.74. The molecule has 0 aromatic rings. The molecule has 2 saturated carbocycles. The van der Waals surface area contributed by atoms with E-state index in [0.717, 1.165) is 12.0 Å². The molecule has 1 aliphatic heterocycles. The lowest BCUT2D eigenvalue weighted by Gasteiger charge is -2.25. The van der Waals surface area contributed by atoms with Gasteiger partial charge in [0.15, 0.2) is 0 Å². The lowest BCUT2D eigenvalue weighted by atomic mass is 9.82. The van der Waals surface area contributed by atoms with Crippen molar-refractivity contribution in [3.8, 4) is 0 Å². The molecule has 0 aromatic heterocycles. The van der Waals surface area contributed by atoms with E-state index in [-0.39, 0.29) is 12.4 Å². The predicted octanol–water partition coefficient (Wildman–Crippen LogP) is 3.27. The summed E-state index contributed by atoms with van der Waals surface area (Å²) < 4.78 is 0. The van der Waals surface area contributed by atoms with Crippen LogP contribution in [0, 0.1) is 5.92 Å². The van der Waals surface area contributed by atoms with Crippen LogP contribution in [0.15, 0.2) is 0 Å². The van der Waals surface area contributed by atoms with Crippen molar-refractivity contribution in [1.82, 2.24) is 5.32 Å². The maximum atomic E-state index is 3.97. The van der Waals surface area contributed by atoms with Gasteiger partial charge in [-0.3, -0.25) is 0 Å². The molecular weight excluding hydrogens is 194 g/mol. The topological polar surface area (TPSA) is 12.0 Å². The summed E-state index contributed by atoms with van der Waals surface area (Å²) in [6.07, 6.45) is 13.4. The fourth-order valence-electron chi connectivity index (χ4n) is 4.00. The molecule has 2 unspecified atom stereocenters. The van der Waals surface area contributed by atoms with E-state index < -0.39 is 0 Å². The first-order valence-corrected chi connectivity index (χ1v) is 6.16. The summed E-state index contributed by atoms with van der Waals surface area (Å²) in [5.74, 6) is 1.05. The number of hydrogen-bond acceptors (Lipinski definition) is 1. The minimum atomic E-state index is 0. The zero-order valence-electron chi connectivity index (χ0n) is 8.93. The Morgan fingerprint density at radius 1 is 0.929 bits per heavy atom. The van der Waals surface area contributed by atoms with Gasteiger partial charge in [-0.15, -0.1) is 12.4 Å². The number of hydrogen-bond donors (Lipinski definition) is 1. The lowest BCUT2D eigenvalue weighted by molar-refractivity contribution is 0.324. The highest BCUT2D eigenvalue weighted by Gasteiger charge is 2.46. The summed E-state index contributed by atoms with van der Waals surface area (Å²) in [6.45, 7) is 0. The average molecular weight is 216 g/mol. The van der Waals surface area contributed by atoms with Gasteiger partial charge < -0.3 is 5.32 Å². The van der Waals surface area contributed by atoms with Gasteiger partial charge in [0.2, 0.25) is 0 Å². The van der Waals surface area contributed by atoms with Crippen molar-refractivity contribution >= 4 is 12.4 Å². The normalized spacial score (nSPS) is 39.4. The van der Waals surface area contributed by atoms with E-state index in [2.05, 4.69) is 5.32 Å². The molecule has 1 saturated heterocycles. The Morgan fingerprint density at radius 3 is 2.36 bits per heavy atom. The van der Waals surface area contributed by atoms with Crippen LogP contribution in [0.25, 0.3) is 0 Å². The number of nitrogens with one attached hydrogen (secondary N) is 1. The molecule has 2 heteroatoms. The SMILES string of the molecule is C1CCC2NC3(CCCC3)CC2C1.Cl. The third-order valence-corrected chi connectivity index (χ3v) is 4.61. The fraction of sp³-hybridized carbons (Fsp3) is 1.00. The Bertz CT molecular complexity index is 182. The van der Waals surface area contributed by atoms with Gasteiger partial charge in [-0.1, -0.05) is 25.7 Å². The fourth-order valence-corrected chi connectivity index (χ4v) is 4.00. The van der Waals surface area contributed by atoms with Crippen LogP contribution in [0.1, 0.15) is 57.8 Å². The van der Waals surface area contributed by atoms with E-state index in [9.17, 15) is 0 Å². The second kappa shape index (κ2) is 4.02. The molecule has 2 atom stereocenters. The summed E-state index contributed by atoms with van der Waals surface area (Å²) in [7, 11) is 0. The molecule has 0 radical (unpaired) electrons. The smallest absolute Gasteiger partial charge is 0.0187 e. The van der Waals surface area contributed by atoms with Crippen molar-refractivity contribution < 1.29 is 0 Å². The van der Waals surface area contributed by atoms with Gasteiger partial charge in [0, 0.05) is 11.6 Å². The van der Waals surface area contributed by atoms with Crippen molar-refractivity contribution in [1.29, 1.82) is 0 Å². The number of halogens is 1. The second-order valence-corrected chi connectivity index (χ2v) is 5.49. The van der Waals surface area contributed by atoms with Crippen LogP contribution in [0.5, 0.6) is 0 Å². The van der Waals surface area contributed by atoms with E-state index in [1.807, 2.05) is 0 Å². The second-order valence-electron chi connectivity index (χ2n) is 5.49. The molecule has 1 N–H and O–H groups in total. The van der Waals surface area contributed by atoms with Crippen LogP contribution in [-0.4, -0.2) is 11.6 Å². The summed E-state index contributed by atoms with van der Waals surface area (Å²) in [5.41, 5.74) is 0.625. The Labute approximate surface area is 93.4 Å². The molecule has 3 aliphatic rings. The largest absolute Gasteiger partial charge is 0.308 e. The van der Waals surface area contributed by atoms with E-state index in [1.54, 1.807) is 0 Å². The predicted molar refractivity (Wildman–Crippen MR) is 61.9 cm³/mol. The van der Waals surface area contributed by atoms with Gasteiger partial charge in [0.25, 0.3) is 0 Å². The summed E-state index contributed by atoms with van der Waals surface area (Å²) in [5, 5.41) is 3.97. The molecule has 3 fully saturated rings. The Morgan fingerprint density at radius 2 is 1.64 bits per heavy atom. The maximum Gasteiger partial charge on any atom is 0.0187 e. The first kappa shape index (κ1) is 10.8. The van der Waals surface area contributed by atoms with E-state index in [4.69, 9.17) is 0 Å². The molecule has 3 rings (SSSR count). The van der Waals surface area contributed by atoms with Crippen LogP contribution in [0.2, 0.25) is 0 Å². The highest BCUT2D eigenvalue weighted by atomic mass is 35.5. The molecule has 2 aliphatic carbocycles. The highest BCUT2D eigenvalue weighted by molar-refractivity contribution is 5.85. The first-order chi connectivity index (χ1) is 6.38. The van der Waals surface area contributed by atoms with Crippen molar-refractivity contribution in [2.24, 2.45) is 5.92 Å². The van der Waals surface area contributed by atoms with Crippen molar-refractivity contribution in [2.45, 2.75) is 69.4 Å². The van der Waals surface area contributed by atoms with Gasteiger partial charge >= 0.3 is 0 Å². The lowest BCUT2D eigenvalue weighted by Crippen LogP contribution is -2.41. The quantitative estimate of drug-likeness (QED) is 0.654.